The summed E-state index contributed by atoms with van der Waals surface area (Å²) in [6, 6.07) is 11.6. The maximum Gasteiger partial charge on any atom is 0.144 e. The van der Waals surface area contributed by atoms with Gasteiger partial charge in [-0.2, -0.15) is 5.26 Å². The number of aromatic nitrogens is 1. The Labute approximate surface area is 117 Å². The van der Waals surface area contributed by atoms with Crippen molar-refractivity contribution in [2.45, 2.75) is 13.8 Å². The zero-order valence-corrected chi connectivity index (χ0v) is 11.6. The molecule has 4 heteroatoms. The number of hydrogen-bond acceptors (Lipinski definition) is 3. The average molecular weight is 272 g/mol. The number of benzene rings is 1. The quantitative estimate of drug-likeness (QED) is 0.917. The normalized spacial score (nSPS) is 10.0. The lowest BCUT2D eigenvalue weighted by Gasteiger charge is -2.11. The summed E-state index contributed by atoms with van der Waals surface area (Å²) in [6.45, 7) is 4.65. The zero-order chi connectivity index (χ0) is 13.8. The predicted molar refractivity (Wildman–Crippen MR) is 78.3 cm³/mol. The molecule has 1 heterocycles. The van der Waals surface area contributed by atoms with E-state index >= 15 is 0 Å². The van der Waals surface area contributed by atoms with Crippen molar-refractivity contribution >= 4 is 17.4 Å². The molecule has 0 radical (unpaired) electrons. The van der Waals surface area contributed by atoms with E-state index in [4.69, 9.17) is 11.6 Å². The van der Waals surface area contributed by atoms with Crippen molar-refractivity contribution in [2.75, 3.05) is 11.9 Å². The minimum atomic E-state index is 0.553. The molecule has 1 aromatic carbocycles. The summed E-state index contributed by atoms with van der Waals surface area (Å²) in [7, 11) is 0. The highest BCUT2D eigenvalue weighted by Gasteiger charge is 2.10. The van der Waals surface area contributed by atoms with Gasteiger partial charge in [0.15, 0.2) is 0 Å². The van der Waals surface area contributed by atoms with Crippen LogP contribution in [0.15, 0.2) is 30.3 Å². The Bertz CT molecular complexity index is 627. The summed E-state index contributed by atoms with van der Waals surface area (Å²) >= 11 is 5.89. The molecule has 0 saturated carbocycles. The highest BCUT2D eigenvalue weighted by molar-refractivity contribution is 6.30. The van der Waals surface area contributed by atoms with E-state index in [1.807, 2.05) is 44.2 Å². The van der Waals surface area contributed by atoms with Gasteiger partial charge in [0, 0.05) is 22.8 Å². The van der Waals surface area contributed by atoms with Gasteiger partial charge in [-0.25, -0.2) is 4.98 Å². The molecule has 19 heavy (non-hydrogen) atoms. The van der Waals surface area contributed by atoms with Crippen molar-refractivity contribution in [3.63, 3.8) is 0 Å². The first kappa shape index (κ1) is 13.4. The van der Waals surface area contributed by atoms with E-state index in [9.17, 15) is 5.26 Å². The van der Waals surface area contributed by atoms with Gasteiger partial charge in [0.25, 0.3) is 0 Å². The Morgan fingerprint density at radius 2 is 2.00 bits per heavy atom. The van der Waals surface area contributed by atoms with Gasteiger partial charge in [-0.3, -0.25) is 0 Å². The molecule has 2 rings (SSSR count). The van der Waals surface area contributed by atoms with E-state index in [1.165, 1.54) is 0 Å². The molecule has 0 aliphatic heterocycles. The first-order valence-electron chi connectivity index (χ1n) is 6.07. The number of halogens is 1. The van der Waals surface area contributed by atoms with Crippen molar-refractivity contribution < 1.29 is 0 Å². The third-order valence-electron chi connectivity index (χ3n) is 2.83. The van der Waals surface area contributed by atoms with E-state index in [2.05, 4.69) is 16.4 Å². The van der Waals surface area contributed by atoms with Crippen LogP contribution in [0, 0.1) is 18.3 Å². The minimum absolute atomic E-state index is 0.553. The lowest BCUT2D eigenvalue weighted by Crippen LogP contribution is -2.04. The maximum atomic E-state index is 9.20. The highest BCUT2D eigenvalue weighted by Crippen LogP contribution is 2.27. The molecular weight excluding hydrogens is 258 g/mol. The van der Waals surface area contributed by atoms with E-state index in [-0.39, 0.29) is 0 Å². The SMILES string of the molecule is CCNc1nc(C)c(-c2ccc(Cl)cc2)cc1C#N. The predicted octanol–water partition coefficient (Wildman–Crippen LogP) is 4.01. The molecule has 96 valence electrons. The Hall–Kier alpha value is -2.05. The Morgan fingerprint density at radius 1 is 1.32 bits per heavy atom. The molecule has 0 unspecified atom stereocenters. The van der Waals surface area contributed by atoms with Crippen LogP contribution in [0.2, 0.25) is 5.02 Å². The number of pyridine rings is 1. The number of anilines is 1. The van der Waals surface area contributed by atoms with Crippen LogP contribution in [0.1, 0.15) is 18.2 Å². The molecule has 0 aliphatic rings. The number of aryl methyl sites for hydroxylation is 1. The molecule has 3 nitrogen and oxygen atoms in total. The summed E-state index contributed by atoms with van der Waals surface area (Å²) < 4.78 is 0. The van der Waals surface area contributed by atoms with Gasteiger partial charge in [0.05, 0.1) is 5.56 Å². The molecule has 1 N–H and O–H groups in total. The van der Waals surface area contributed by atoms with Crippen LogP contribution >= 0.6 is 11.6 Å². The third-order valence-corrected chi connectivity index (χ3v) is 3.08. The van der Waals surface area contributed by atoms with Crippen LogP contribution < -0.4 is 5.32 Å². The molecule has 0 atom stereocenters. The second kappa shape index (κ2) is 5.73. The summed E-state index contributed by atoms with van der Waals surface area (Å²) in [5.41, 5.74) is 3.40. The Balaban J connectivity index is 2.53. The van der Waals surface area contributed by atoms with Crippen molar-refractivity contribution in [1.82, 2.24) is 4.98 Å². The Kier molecular flexibility index (Phi) is 4.03. The van der Waals surface area contributed by atoms with Gasteiger partial charge in [-0.15, -0.1) is 0 Å². The van der Waals surface area contributed by atoms with Gasteiger partial charge < -0.3 is 5.32 Å². The molecule has 1 aromatic heterocycles. The Morgan fingerprint density at radius 3 is 2.58 bits per heavy atom. The molecule has 0 saturated heterocycles. The molecular formula is C15H14ClN3. The van der Waals surface area contributed by atoms with E-state index in [1.54, 1.807) is 0 Å². The maximum absolute atomic E-state index is 9.20. The topological polar surface area (TPSA) is 48.7 Å². The van der Waals surface area contributed by atoms with Gasteiger partial charge in [0.1, 0.15) is 11.9 Å². The molecule has 0 fully saturated rings. The van der Waals surface area contributed by atoms with E-state index in [0.29, 0.717) is 16.4 Å². The average Bonchev–Trinajstić information content (AvgIpc) is 2.41. The van der Waals surface area contributed by atoms with Crippen LogP contribution in [0.3, 0.4) is 0 Å². The van der Waals surface area contributed by atoms with Gasteiger partial charge in [0.2, 0.25) is 0 Å². The van der Waals surface area contributed by atoms with Crippen LogP contribution in [0.25, 0.3) is 11.1 Å². The number of hydrogen-bond donors (Lipinski definition) is 1. The number of rotatable bonds is 3. The van der Waals surface area contributed by atoms with Crippen LogP contribution in [0.5, 0.6) is 0 Å². The standard InChI is InChI=1S/C15H14ClN3/c1-3-18-15-12(9-17)8-14(10(2)19-15)11-4-6-13(16)7-5-11/h4-8H,3H2,1-2H3,(H,18,19). The fourth-order valence-corrected chi connectivity index (χ4v) is 2.04. The number of nitrogens with one attached hydrogen (secondary N) is 1. The third kappa shape index (κ3) is 2.86. The first-order valence-corrected chi connectivity index (χ1v) is 6.45. The smallest absolute Gasteiger partial charge is 0.144 e. The van der Waals surface area contributed by atoms with Crippen molar-refractivity contribution in [1.29, 1.82) is 5.26 Å². The lowest BCUT2D eigenvalue weighted by molar-refractivity contribution is 1.12. The first-order chi connectivity index (χ1) is 9.15. The fourth-order valence-electron chi connectivity index (χ4n) is 1.91. The van der Waals surface area contributed by atoms with Gasteiger partial charge >= 0.3 is 0 Å². The minimum Gasteiger partial charge on any atom is -0.369 e. The fraction of sp³-hybridized carbons (Fsp3) is 0.200. The van der Waals surface area contributed by atoms with Gasteiger partial charge in [-0.05, 0) is 37.6 Å². The van der Waals surface area contributed by atoms with Crippen LogP contribution in [-0.2, 0) is 0 Å². The van der Waals surface area contributed by atoms with E-state index in [0.717, 1.165) is 23.4 Å². The second-order valence-corrected chi connectivity index (χ2v) is 4.60. The summed E-state index contributed by atoms with van der Waals surface area (Å²) in [5, 5.41) is 13.0. The summed E-state index contributed by atoms with van der Waals surface area (Å²) in [5.74, 6) is 0.639. The monoisotopic (exact) mass is 271 g/mol. The van der Waals surface area contributed by atoms with Gasteiger partial charge in [-0.1, -0.05) is 23.7 Å². The lowest BCUT2D eigenvalue weighted by atomic mass is 10.0. The second-order valence-electron chi connectivity index (χ2n) is 4.17. The molecule has 0 bridgehead atoms. The molecule has 0 spiro atoms. The van der Waals surface area contributed by atoms with Crippen molar-refractivity contribution in [3.8, 4) is 17.2 Å². The van der Waals surface area contributed by atoms with Crippen molar-refractivity contribution in [2.24, 2.45) is 0 Å². The summed E-state index contributed by atoms with van der Waals surface area (Å²) in [4.78, 5) is 4.47. The number of nitrogens with zero attached hydrogens (tertiary/aromatic N) is 2. The molecule has 0 amide bonds. The molecule has 0 aliphatic carbocycles. The number of nitriles is 1. The summed E-state index contributed by atoms with van der Waals surface area (Å²) in [6.07, 6.45) is 0. The molecule has 2 aromatic rings. The zero-order valence-electron chi connectivity index (χ0n) is 10.9. The van der Waals surface area contributed by atoms with Crippen LogP contribution in [-0.4, -0.2) is 11.5 Å². The largest absolute Gasteiger partial charge is 0.369 e. The van der Waals surface area contributed by atoms with Crippen molar-refractivity contribution in [3.05, 3.63) is 46.6 Å². The van der Waals surface area contributed by atoms with E-state index < -0.39 is 0 Å². The highest BCUT2D eigenvalue weighted by atomic mass is 35.5. The van der Waals surface area contributed by atoms with Crippen LogP contribution in [0.4, 0.5) is 5.82 Å².